The molecule has 0 unspecified atom stereocenters. The Morgan fingerprint density at radius 1 is 0.293 bits per heavy atom. The maximum absolute atomic E-state index is 6.68. The lowest BCUT2D eigenvalue weighted by atomic mass is 9.70. The molecule has 0 saturated carbocycles. The van der Waals surface area contributed by atoms with Crippen molar-refractivity contribution < 1.29 is 4.42 Å². The van der Waals surface area contributed by atoms with Crippen molar-refractivity contribution in [1.29, 1.82) is 0 Å². The minimum atomic E-state index is -0.407. The predicted octanol–water partition coefficient (Wildman–Crippen LogP) is 18.5. The quantitative estimate of drug-likeness (QED) is 0.167. The van der Waals surface area contributed by atoms with E-state index in [-0.39, 0.29) is 0 Å². The van der Waals surface area contributed by atoms with E-state index in [2.05, 4.69) is 231 Å². The van der Waals surface area contributed by atoms with Crippen LogP contribution >= 0.6 is 11.3 Å². The van der Waals surface area contributed by atoms with Crippen molar-refractivity contribution >= 4 is 53.4 Å². The topological polar surface area (TPSA) is 51.8 Å². The van der Waals surface area contributed by atoms with Crippen molar-refractivity contribution in [1.82, 2.24) is 15.0 Å². The van der Waals surface area contributed by atoms with Crippen LogP contribution in [0.1, 0.15) is 22.3 Å². The average Bonchev–Trinajstić information content (AvgIpc) is 4.23. The normalized spacial score (nSPS) is 12.9. The molecule has 2 aliphatic rings. The van der Waals surface area contributed by atoms with E-state index in [4.69, 9.17) is 19.4 Å². The number of hydrogen-bond donors (Lipinski definition) is 0. The number of furan rings is 1. The van der Waals surface area contributed by atoms with Crippen LogP contribution in [0.25, 0.3) is 132 Å². The standard InChI is InChI=1S/C70H41N3OS/c1-2-16-42(17-3-1)43-18-13-21-48(39-43)67-71-68(73-69(72-67)56-28-14-26-54-53-25-7-11-33-64(53)75-66(54)56)55-27-15-32-63-65(55)57-40-46(35-37-62(57)74-63)44-19-12-20-45(38-44)47-34-36-52-51-24-6-10-31-60(51)70(61(52)41-47)58-29-8-4-22-49(58)50-23-5-9-30-59(50)70/h1-41H. The first-order valence-corrected chi connectivity index (χ1v) is 26.3. The molecule has 0 amide bonds. The van der Waals surface area contributed by atoms with Gasteiger partial charge in [-0.1, -0.05) is 200 Å². The minimum Gasteiger partial charge on any atom is -0.456 e. The first kappa shape index (κ1) is 42.0. The predicted molar refractivity (Wildman–Crippen MR) is 309 cm³/mol. The molecule has 0 aliphatic heterocycles. The summed E-state index contributed by atoms with van der Waals surface area (Å²) in [6.07, 6.45) is 0. The van der Waals surface area contributed by atoms with Gasteiger partial charge < -0.3 is 4.42 Å². The fraction of sp³-hybridized carbons (Fsp3) is 0.0143. The molecular weight excluding hydrogens is 931 g/mol. The first-order valence-electron chi connectivity index (χ1n) is 25.5. The van der Waals surface area contributed by atoms with Crippen LogP contribution < -0.4 is 0 Å². The lowest BCUT2D eigenvalue weighted by Gasteiger charge is -2.30. The summed E-state index contributed by atoms with van der Waals surface area (Å²) in [5.41, 5.74) is 21.3. The van der Waals surface area contributed by atoms with E-state index in [1.165, 1.54) is 65.5 Å². The summed E-state index contributed by atoms with van der Waals surface area (Å²) < 4.78 is 9.06. The second kappa shape index (κ2) is 16.2. The van der Waals surface area contributed by atoms with Gasteiger partial charge in [-0.3, -0.25) is 0 Å². The van der Waals surface area contributed by atoms with Crippen LogP contribution in [0.4, 0.5) is 0 Å². The Labute approximate surface area is 436 Å². The average molecular weight is 972 g/mol. The Morgan fingerprint density at radius 2 is 0.787 bits per heavy atom. The number of thiophene rings is 1. The SMILES string of the molecule is c1ccc(-c2cccc(-c3nc(-c4cccc5c4sc4ccccc45)nc(-c4cccc5oc6ccc(-c7cccc(-c8ccc9c(c8)C8(c%10ccccc%10-c%10ccccc%108)c8ccccc8-9)c7)cc6c45)n3)c2)cc1. The maximum atomic E-state index is 6.68. The van der Waals surface area contributed by atoms with E-state index in [0.717, 1.165) is 71.1 Å². The molecule has 0 radical (unpaired) electrons. The highest BCUT2D eigenvalue weighted by molar-refractivity contribution is 7.26. The van der Waals surface area contributed by atoms with Gasteiger partial charge in [0.25, 0.3) is 0 Å². The van der Waals surface area contributed by atoms with Crippen molar-refractivity contribution in [2.75, 3.05) is 0 Å². The highest BCUT2D eigenvalue weighted by atomic mass is 32.1. The summed E-state index contributed by atoms with van der Waals surface area (Å²) >= 11 is 1.78. The number of nitrogens with zero attached hydrogens (tertiary/aromatic N) is 3. The summed E-state index contributed by atoms with van der Waals surface area (Å²) in [6, 6.07) is 89.8. The molecule has 0 N–H and O–H groups in total. The third-order valence-electron chi connectivity index (χ3n) is 15.8. The van der Waals surface area contributed by atoms with E-state index >= 15 is 0 Å². The second-order valence-electron chi connectivity index (χ2n) is 19.8. The smallest absolute Gasteiger partial charge is 0.165 e. The van der Waals surface area contributed by atoms with Gasteiger partial charge >= 0.3 is 0 Å². The Bertz CT molecular complexity index is 4620. The molecule has 0 atom stereocenters. The Morgan fingerprint density at radius 3 is 1.53 bits per heavy atom. The molecule has 0 fully saturated rings. The molecule has 4 nitrogen and oxygen atoms in total. The third kappa shape index (κ3) is 6.26. The van der Waals surface area contributed by atoms with Gasteiger partial charge in [-0.05, 0) is 126 Å². The van der Waals surface area contributed by atoms with Gasteiger partial charge in [0.15, 0.2) is 17.5 Å². The van der Waals surface area contributed by atoms with E-state index in [1.54, 1.807) is 11.3 Å². The summed E-state index contributed by atoms with van der Waals surface area (Å²) in [5, 5.41) is 4.39. The van der Waals surface area contributed by atoms with E-state index in [1.807, 2.05) is 18.2 Å². The molecule has 3 aromatic heterocycles. The molecule has 0 bridgehead atoms. The van der Waals surface area contributed by atoms with Crippen LogP contribution in [-0.4, -0.2) is 15.0 Å². The molecule has 3 heterocycles. The summed E-state index contributed by atoms with van der Waals surface area (Å²) in [7, 11) is 0. The highest BCUT2D eigenvalue weighted by Gasteiger charge is 2.51. The monoisotopic (exact) mass is 971 g/mol. The molecule has 75 heavy (non-hydrogen) atoms. The number of hydrogen-bond acceptors (Lipinski definition) is 5. The zero-order valence-electron chi connectivity index (χ0n) is 40.3. The van der Waals surface area contributed by atoms with Gasteiger partial charge in [-0.25, -0.2) is 15.0 Å². The molecule has 2 aliphatic carbocycles. The van der Waals surface area contributed by atoms with Crippen LogP contribution in [0.3, 0.4) is 0 Å². The molecule has 16 rings (SSSR count). The number of fused-ring (bicyclic) bond motifs is 16. The molecule has 5 heteroatoms. The van der Waals surface area contributed by atoms with Crippen molar-refractivity contribution in [3.63, 3.8) is 0 Å². The maximum Gasteiger partial charge on any atom is 0.165 e. The van der Waals surface area contributed by atoms with Crippen LogP contribution in [0, 0.1) is 0 Å². The van der Waals surface area contributed by atoms with Gasteiger partial charge in [0, 0.05) is 47.6 Å². The van der Waals surface area contributed by atoms with Gasteiger partial charge in [0.05, 0.1) is 5.41 Å². The molecule has 1 spiro atoms. The van der Waals surface area contributed by atoms with Crippen molar-refractivity contribution in [2.45, 2.75) is 5.41 Å². The van der Waals surface area contributed by atoms with Crippen molar-refractivity contribution in [3.8, 4) is 89.8 Å². The van der Waals surface area contributed by atoms with Gasteiger partial charge in [-0.2, -0.15) is 0 Å². The summed E-state index contributed by atoms with van der Waals surface area (Å²) in [5.74, 6) is 1.82. The van der Waals surface area contributed by atoms with E-state index < -0.39 is 5.41 Å². The van der Waals surface area contributed by atoms with Crippen LogP contribution in [0.2, 0.25) is 0 Å². The van der Waals surface area contributed by atoms with Crippen LogP contribution in [0.5, 0.6) is 0 Å². The summed E-state index contributed by atoms with van der Waals surface area (Å²) in [4.78, 5) is 16.0. The molecule has 0 saturated heterocycles. The first-order chi connectivity index (χ1) is 37.2. The van der Waals surface area contributed by atoms with Crippen LogP contribution in [0.15, 0.2) is 253 Å². The highest BCUT2D eigenvalue weighted by Crippen LogP contribution is 2.63. The molecular formula is C70H41N3OS. The zero-order chi connectivity index (χ0) is 49.2. The molecule has 14 aromatic rings. The number of benzene rings is 11. The largest absolute Gasteiger partial charge is 0.456 e. The molecule has 11 aromatic carbocycles. The lowest BCUT2D eigenvalue weighted by molar-refractivity contribution is 0.669. The Balaban J connectivity index is 0.842. The lowest BCUT2D eigenvalue weighted by Crippen LogP contribution is -2.25. The fourth-order valence-corrected chi connectivity index (χ4v) is 13.7. The minimum absolute atomic E-state index is 0.407. The van der Waals surface area contributed by atoms with Crippen LogP contribution in [-0.2, 0) is 5.41 Å². The molecule has 348 valence electrons. The van der Waals surface area contributed by atoms with Gasteiger partial charge in [0.2, 0.25) is 0 Å². The van der Waals surface area contributed by atoms with E-state index in [9.17, 15) is 0 Å². The summed E-state index contributed by atoms with van der Waals surface area (Å²) in [6.45, 7) is 0. The Hall–Kier alpha value is -9.55. The second-order valence-corrected chi connectivity index (χ2v) is 20.8. The fourth-order valence-electron chi connectivity index (χ4n) is 12.5. The zero-order valence-corrected chi connectivity index (χ0v) is 41.1. The number of rotatable bonds is 6. The van der Waals surface area contributed by atoms with E-state index in [0.29, 0.717) is 17.5 Å². The number of aromatic nitrogens is 3. The van der Waals surface area contributed by atoms with Crippen molar-refractivity contribution in [2.24, 2.45) is 0 Å². The van der Waals surface area contributed by atoms with Gasteiger partial charge in [0.1, 0.15) is 11.2 Å². The Kier molecular flexibility index (Phi) is 9.09. The van der Waals surface area contributed by atoms with Gasteiger partial charge in [-0.15, -0.1) is 11.3 Å². The van der Waals surface area contributed by atoms with Crippen molar-refractivity contribution in [3.05, 3.63) is 271 Å². The third-order valence-corrected chi connectivity index (χ3v) is 17.0.